The van der Waals surface area contributed by atoms with Crippen molar-refractivity contribution in [1.29, 1.82) is 0 Å². The molecule has 3 aromatic rings. The van der Waals surface area contributed by atoms with Gasteiger partial charge in [0, 0.05) is 9.13 Å². The highest BCUT2D eigenvalue weighted by Crippen LogP contribution is 2.38. The molecule has 172 valence electrons. The molecule has 0 saturated carbocycles. The summed E-state index contributed by atoms with van der Waals surface area (Å²) in [5.74, 6) is -0.425. The number of hydrogen-bond donors (Lipinski definition) is 0. The number of carbonyl (C=O) groups excluding carboxylic acids is 3. The predicted octanol–water partition coefficient (Wildman–Crippen LogP) is 6.06. The van der Waals surface area contributed by atoms with Crippen LogP contribution in [0.1, 0.15) is 27.0 Å². The van der Waals surface area contributed by atoms with Gasteiger partial charge in [-0.05, 0) is 83.2 Å². The van der Waals surface area contributed by atoms with Crippen molar-refractivity contribution in [1.82, 2.24) is 4.90 Å². The smallest absolute Gasteiger partial charge is 0.343 e. The Kier molecular flexibility index (Phi) is 7.38. The zero-order valence-corrected chi connectivity index (χ0v) is 21.4. The van der Waals surface area contributed by atoms with Crippen LogP contribution in [0, 0.1) is 10.5 Å². The Balaban J connectivity index is 1.61. The number of thioether (sulfide) groups is 1. The van der Waals surface area contributed by atoms with Crippen molar-refractivity contribution in [2.75, 3.05) is 7.11 Å². The van der Waals surface area contributed by atoms with Crippen molar-refractivity contribution in [2.45, 2.75) is 13.5 Å². The highest BCUT2D eigenvalue weighted by Gasteiger charge is 2.35. The number of benzene rings is 3. The van der Waals surface area contributed by atoms with E-state index in [2.05, 4.69) is 22.6 Å². The number of halogens is 1. The third-order valence-corrected chi connectivity index (χ3v) is 6.75. The summed E-state index contributed by atoms with van der Waals surface area (Å²) in [6.07, 6.45) is 1.55. The van der Waals surface area contributed by atoms with Gasteiger partial charge in [-0.3, -0.25) is 14.5 Å². The zero-order valence-electron chi connectivity index (χ0n) is 18.4. The first kappa shape index (κ1) is 24.0. The zero-order chi connectivity index (χ0) is 24.2. The number of para-hydroxylation sites is 1. The molecule has 34 heavy (non-hydrogen) atoms. The molecular weight excluding hydrogens is 565 g/mol. The average Bonchev–Trinajstić information content (AvgIpc) is 3.09. The van der Waals surface area contributed by atoms with Crippen molar-refractivity contribution in [2.24, 2.45) is 0 Å². The quantitative estimate of drug-likeness (QED) is 0.152. The number of ether oxygens (including phenoxy) is 2. The fraction of sp³-hybridized carbons (Fsp3) is 0.115. The van der Waals surface area contributed by atoms with E-state index in [0.717, 1.165) is 26.5 Å². The van der Waals surface area contributed by atoms with Crippen LogP contribution >= 0.6 is 34.4 Å². The van der Waals surface area contributed by atoms with Crippen LogP contribution in [0.5, 0.6) is 11.5 Å². The van der Waals surface area contributed by atoms with Crippen LogP contribution in [0.15, 0.2) is 71.6 Å². The Hall–Kier alpha value is -3.11. The minimum atomic E-state index is -0.550. The summed E-state index contributed by atoms with van der Waals surface area (Å²) in [5.41, 5.74) is 2.73. The first-order valence-corrected chi connectivity index (χ1v) is 12.2. The van der Waals surface area contributed by atoms with E-state index in [-0.39, 0.29) is 22.4 Å². The van der Waals surface area contributed by atoms with Crippen LogP contribution in [-0.2, 0) is 11.3 Å². The summed E-state index contributed by atoms with van der Waals surface area (Å²) >= 11 is 3.05. The molecule has 1 aliphatic heterocycles. The maximum atomic E-state index is 13.0. The van der Waals surface area contributed by atoms with Crippen LogP contribution in [0.3, 0.4) is 0 Å². The van der Waals surface area contributed by atoms with Gasteiger partial charge in [0.05, 0.1) is 24.1 Å². The van der Waals surface area contributed by atoms with Crippen LogP contribution in [0.4, 0.5) is 4.79 Å². The maximum absolute atomic E-state index is 13.0. The van der Waals surface area contributed by atoms with Gasteiger partial charge in [-0.25, -0.2) is 4.79 Å². The van der Waals surface area contributed by atoms with Crippen LogP contribution in [-0.4, -0.2) is 29.1 Å². The molecular formula is C26H20INO5S. The van der Waals surface area contributed by atoms with Crippen molar-refractivity contribution in [3.05, 3.63) is 97.5 Å². The molecule has 1 saturated heterocycles. The van der Waals surface area contributed by atoms with Gasteiger partial charge in [-0.15, -0.1) is 0 Å². The average molecular weight is 585 g/mol. The normalized spacial score (nSPS) is 14.6. The SMILES string of the molecule is COc1cccc(/C=C2\SC(=O)N(Cc3ccc(I)cc3)C2=O)c1OC(=O)c1ccc(C)cc1. The lowest BCUT2D eigenvalue weighted by atomic mass is 10.1. The number of imide groups is 1. The van der Waals surface area contributed by atoms with E-state index >= 15 is 0 Å². The molecule has 0 unspecified atom stereocenters. The maximum Gasteiger partial charge on any atom is 0.343 e. The molecule has 0 radical (unpaired) electrons. The summed E-state index contributed by atoms with van der Waals surface area (Å²) in [5, 5.41) is -0.351. The molecule has 1 aliphatic rings. The Morgan fingerprint density at radius 1 is 1.03 bits per heavy atom. The summed E-state index contributed by atoms with van der Waals surface area (Å²) in [4.78, 5) is 39.8. The fourth-order valence-electron chi connectivity index (χ4n) is 3.31. The molecule has 0 aromatic heterocycles. The van der Waals surface area contributed by atoms with Gasteiger partial charge in [0.2, 0.25) is 0 Å². The van der Waals surface area contributed by atoms with Crippen LogP contribution in [0.25, 0.3) is 6.08 Å². The molecule has 0 spiro atoms. The molecule has 0 N–H and O–H groups in total. The van der Waals surface area contributed by atoms with E-state index in [4.69, 9.17) is 9.47 Å². The molecule has 8 heteroatoms. The van der Waals surface area contributed by atoms with Crippen molar-refractivity contribution in [3.8, 4) is 11.5 Å². The van der Waals surface area contributed by atoms with E-state index in [1.807, 2.05) is 43.3 Å². The second-order valence-corrected chi connectivity index (χ2v) is 9.77. The summed E-state index contributed by atoms with van der Waals surface area (Å²) in [7, 11) is 1.47. The van der Waals surface area contributed by atoms with E-state index in [1.54, 1.807) is 36.4 Å². The van der Waals surface area contributed by atoms with Crippen molar-refractivity contribution >= 4 is 57.5 Å². The third-order valence-electron chi connectivity index (χ3n) is 5.13. The second kappa shape index (κ2) is 10.4. The van der Waals surface area contributed by atoms with Gasteiger partial charge in [-0.1, -0.05) is 42.0 Å². The minimum Gasteiger partial charge on any atom is -0.493 e. The molecule has 4 rings (SSSR count). The van der Waals surface area contributed by atoms with E-state index in [1.165, 1.54) is 12.0 Å². The molecule has 0 aliphatic carbocycles. The Morgan fingerprint density at radius 2 is 1.74 bits per heavy atom. The lowest BCUT2D eigenvalue weighted by molar-refractivity contribution is -0.123. The standard InChI is InChI=1S/C26H20INO5S/c1-16-6-10-18(11-7-16)25(30)33-23-19(4-3-5-21(23)32-2)14-22-24(29)28(26(31)34-22)15-17-8-12-20(27)13-9-17/h3-14H,15H2,1-2H3/b22-14-. The number of rotatable bonds is 6. The van der Waals surface area contributed by atoms with E-state index in [9.17, 15) is 14.4 Å². The summed E-state index contributed by atoms with van der Waals surface area (Å²) in [6, 6.07) is 19.7. The van der Waals surface area contributed by atoms with Gasteiger partial charge < -0.3 is 9.47 Å². The van der Waals surface area contributed by atoms with E-state index < -0.39 is 11.9 Å². The highest BCUT2D eigenvalue weighted by atomic mass is 127. The largest absolute Gasteiger partial charge is 0.493 e. The Morgan fingerprint density at radius 3 is 2.41 bits per heavy atom. The fourth-order valence-corrected chi connectivity index (χ4v) is 4.50. The predicted molar refractivity (Wildman–Crippen MR) is 140 cm³/mol. The number of nitrogens with zero attached hydrogens (tertiary/aromatic N) is 1. The van der Waals surface area contributed by atoms with Crippen molar-refractivity contribution < 1.29 is 23.9 Å². The third kappa shape index (κ3) is 5.34. The number of carbonyl (C=O) groups is 3. The van der Waals surface area contributed by atoms with Crippen LogP contribution < -0.4 is 9.47 Å². The first-order valence-electron chi connectivity index (χ1n) is 10.3. The number of hydrogen-bond acceptors (Lipinski definition) is 6. The minimum absolute atomic E-state index is 0.181. The topological polar surface area (TPSA) is 72.9 Å². The number of esters is 1. The van der Waals surface area contributed by atoms with Crippen molar-refractivity contribution in [3.63, 3.8) is 0 Å². The molecule has 6 nitrogen and oxygen atoms in total. The van der Waals surface area contributed by atoms with Crippen LogP contribution in [0.2, 0.25) is 0 Å². The highest BCUT2D eigenvalue weighted by molar-refractivity contribution is 14.1. The van der Waals surface area contributed by atoms with Gasteiger partial charge in [-0.2, -0.15) is 0 Å². The first-order chi connectivity index (χ1) is 16.4. The molecule has 1 fully saturated rings. The summed E-state index contributed by atoms with van der Waals surface area (Å²) < 4.78 is 12.1. The lowest BCUT2D eigenvalue weighted by Crippen LogP contribution is -2.27. The van der Waals surface area contributed by atoms with Gasteiger partial charge in [0.15, 0.2) is 11.5 Å². The number of amides is 2. The van der Waals surface area contributed by atoms with Gasteiger partial charge in [0.1, 0.15) is 0 Å². The molecule has 3 aromatic carbocycles. The molecule has 1 heterocycles. The Bertz CT molecular complexity index is 1290. The number of aryl methyl sites for hydroxylation is 1. The Labute approximate surface area is 215 Å². The van der Waals surface area contributed by atoms with Gasteiger partial charge in [0.25, 0.3) is 11.1 Å². The molecule has 0 bridgehead atoms. The molecule has 0 atom stereocenters. The van der Waals surface area contributed by atoms with E-state index in [0.29, 0.717) is 16.9 Å². The lowest BCUT2D eigenvalue weighted by Gasteiger charge is -2.13. The molecule has 2 amide bonds. The monoisotopic (exact) mass is 585 g/mol. The summed E-state index contributed by atoms with van der Waals surface area (Å²) in [6.45, 7) is 2.12. The second-order valence-electron chi connectivity index (χ2n) is 7.53. The number of methoxy groups -OCH3 is 1. The van der Waals surface area contributed by atoms with Gasteiger partial charge >= 0.3 is 5.97 Å².